The van der Waals surface area contributed by atoms with Crippen molar-refractivity contribution in [1.29, 1.82) is 0 Å². The minimum absolute atomic E-state index is 0.764. The molecule has 0 heterocycles. The van der Waals surface area contributed by atoms with Crippen LogP contribution < -0.4 is 0 Å². The molecule has 0 rings (SSSR count). The molecule has 0 aromatic carbocycles. The van der Waals surface area contributed by atoms with E-state index < -0.39 is 0 Å². The summed E-state index contributed by atoms with van der Waals surface area (Å²) in [5, 5.41) is 0. The first-order valence-corrected chi connectivity index (χ1v) is 3.23. The van der Waals surface area contributed by atoms with E-state index in [9.17, 15) is 0 Å². The molecule has 10 heavy (non-hydrogen) atoms. The van der Waals surface area contributed by atoms with Crippen molar-refractivity contribution in [2.24, 2.45) is 4.99 Å². The van der Waals surface area contributed by atoms with Crippen molar-refractivity contribution >= 4 is 6.21 Å². The summed E-state index contributed by atoms with van der Waals surface area (Å²) in [5.74, 6) is 0. The van der Waals surface area contributed by atoms with Crippen LogP contribution in [0.3, 0.4) is 0 Å². The van der Waals surface area contributed by atoms with Crippen molar-refractivity contribution in [2.45, 2.75) is 13.8 Å². The van der Waals surface area contributed by atoms with E-state index in [0.29, 0.717) is 0 Å². The summed E-state index contributed by atoms with van der Waals surface area (Å²) in [4.78, 5) is 4.01. The van der Waals surface area contributed by atoms with Crippen LogP contribution in [0.15, 0.2) is 41.6 Å². The van der Waals surface area contributed by atoms with Crippen LogP contribution in [0.5, 0.6) is 0 Å². The molecule has 1 nitrogen and oxygen atoms in total. The van der Waals surface area contributed by atoms with Crippen molar-refractivity contribution < 1.29 is 0 Å². The molecule has 0 aliphatic rings. The predicted octanol–water partition coefficient (Wildman–Crippen LogP) is 2.72. The van der Waals surface area contributed by atoms with Gasteiger partial charge in [0.05, 0.1) is 5.70 Å². The van der Waals surface area contributed by atoms with Crippen molar-refractivity contribution in [1.82, 2.24) is 0 Å². The van der Waals surface area contributed by atoms with Gasteiger partial charge in [0.25, 0.3) is 0 Å². The molecule has 0 saturated heterocycles. The smallest absolute Gasteiger partial charge is 0.0622 e. The third-order valence-corrected chi connectivity index (χ3v) is 1.15. The Hall–Kier alpha value is -1.11. The Labute approximate surface area is 62.5 Å². The van der Waals surface area contributed by atoms with Crippen LogP contribution in [0, 0.1) is 0 Å². The molecular weight excluding hydrogens is 122 g/mol. The summed E-state index contributed by atoms with van der Waals surface area (Å²) < 4.78 is 0. The van der Waals surface area contributed by atoms with Gasteiger partial charge in [-0.1, -0.05) is 25.3 Å². The molecule has 54 valence electrons. The van der Waals surface area contributed by atoms with Crippen LogP contribution in [0.2, 0.25) is 0 Å². The summed E-state index contributed by atoms with van der Waals surface area (Å²) in [5.41, 5.74) is 1.75. The summed E-state index contributed by atoms with van der Waals surface area (Å²) in [6.45, 7) is 11.2. The van der Waals surface area contributed by atoms with Crippen molar-refractivity contribution in [3.8, 4) is 0 Å². The lowest BCUT2D eigenvalue weighted by Gasteiger charge is -1.96. The first-order chi connectivity index (χ1) is 4.76. The standard InChI is InChI=1S/C9H13N/c1-5-9(6-2)8(4)10-7-3/h5-7H,1,4H2,2-3H3/b9-6-,10-7-. The molecule has 0 radical (unpaired) electrons. The van der Waals surface area contributed by atoms with Gasteiger partial charge in [0.1, 0.15) is 0 Å². The maximum Gasteiger partial charge on any atom is 0.0622 e. The second kappa shape index (κ2) is 4.74. The largest absolute Gasteiger partial charge is 0.262 e. The van der Waals surface area contributed by atoms with Crippen LogP contribution >= 0.6 is 0 Å². The van der Waals surface area contributed by atoms with Gasteiger partial charge < -0.3 is 0 Å². The van der Waals surface area contributed by atoms with Gasteiger partial charge in [-0.15, -0.1) is 0 Å². The molecule has 0 amide bonds. The fourth-order valence-electron chi connectivity index (χ4n) is 0.633. The van der Waals surface area contributed by atoms with Crippen LogP contribution in [0.1, 0.15) is 13.8 Å². The second-order valence-corrected chi connectivity index (χ2v) is 1.78. The average Bonchev–Trinajstić information content (AvgIpc) is 1.91. The number of rotatable bonds is 3. The quantitative estimate of drug-likeness (QED) is 0.417. The Balaban J connectivity index is 4.32. The number of hydrogen-bond acceptors (Lipinski definition) is 1. The lowest BCUT2D eigenvalue weighted by molar-refractivity contribution is 1.36. The molecule has 0 aliphatic carbocycles. The zero-order chi connectivity index (χ0) is 7.98. The zero-order valence-corrected chi connectivity index (χ0v) is 6.59. The van der Waals surface area contributed by atoms with Crippen LogP contribution in [-0.2, 0) is 0 Å². The molecule has 0 unspecified atom stereocenters. The van der Waals surface area contributed by atoms with Gasteiger partial charge in [-0.25, -0.2) is 0 Å². The fraction of sp³-hybridized carbons (Fsp3) is 0.222. The Kier molecular flexibility index (Phi) is 4.21. The second-order valence-electron chi connectivity index (χ2n) is 1.78. The molecule has 0 N–H and O–H groups in total. The third kappa shape index (κ3) is 2.44. The highest BCUT2D eigenvalue weighted by Gasteiger charge is 1.90. The van der Waals surface area contributed by atoms with E-state index >= 15 is 0 Å². The molecule has 0 aromatic rings. The minimum Gasteiger partial charge on any atom is -0.262 e. The molecular formula is C9H13N. The van der Waals surface area contributed by atoms with E-state index in [4.69, 9.17) is 0 Å². The Morgan fingerprint density at radius 1 is 1.40 bits per heavy atom. The van der Waals surface area contributed by atoms with Gasteiger partial charge in [0, 0.05) is 6.21 Å². The fourth-order valence-corrected chi connectivity index (χ4v) is 0.633. The Morgan fingerprint density at radius 3 is 2.30 bits per heavy atom. The first-order valence-electron chi connectivity index (χ1n) is 3.23. The molecule has 0 atom stereocenters. The SMILES string of the molecule is C=C/C(=C/C)C(=C)/N=C\C. The highest BCUT2D eigenvalue weighted by atomic mass is 14.7. The minimum atomic E-state index is 0.764. The van der Waals surface area contributed by atoms with Gasteiger partial charge in [-0.2, -0.15) is 0 Å². The van der Waals surface area contributed by atoms with Crippen molar-refractivity contribution in [3.63, 3.8) is 0 Å². The van der Waals surface area contributed by atoms with E-state index in [-0.39, 0.29) is 0 Å². The van der Waals surface area contributed by atoms with Crippen LogP contribution in [0.25, 0.3) is 0 Å². The molecule has 0 saturated carbocycles. The number of hydrogen-bond donors (Lipinski definition) is 0. The lowest BCUT2D eigenvalue weighted by atomic mass is 10.2. The number of allylic oxidation sites excluding steroid dienone is 2. The maximum atomic E-state index is 4.01. The van der Waals surface area contributed by atoms with Gasteiger partial charge in [0.15, 0.2) is 0 Å². The summed E-state index contributed by atoms with van der Waals surface area (Å²) in [6.07, 6.45) is 5.40. The van der Waals surface area contributed by atoms with Crippen LogP contribution in [-0.4, -0.2) is 6.21 Å². The molecule has 0 fully saturated rings. The highest BCUT2D eigenvalue weighted by Crippen LogP contribution is 2.08. The molecule has 0 aliphatic heterocycles. The van der Waals surface area contributed by atoms with E-state index in [0.717, 1.165) is 11.3 Å². The Morgan fingerprint density at radius 2 is 2.00 bits per heavy atom. The van der Waals surface area contributed by atoms with Gasteiger partial charge >= 0.3 is 0 Å². The van der Waals surface area contributed by atoms with Gasteiger partial charge in [-0.05, 0) is 19.4 Å². The Bertz CT molecular complexity index is 185. The average molecular weight is 135 g/mol. The highest BCUT2D eigenvalue weighted by molar-refractivity contribution is 5.57. The zero-order valence-electron chi connectivity index (χ0n) is 6.59. The normalized spacial score (nSPS) is 12.0. The third-order valence-electron chi connectivity index (χ3n) is 1.15. The lowest BCUT2D eigenvalue weighted by Crippen LogP contribution is -1.79. The van der Waals surface area contributed by atoms with Crippen molar-refractivity contribution in [3.05, 3.63) is 36.6 Å². The van der Waals surface area contributed by atoms with E-state index in [1.165, 1.54) is 0 Å². The number of nitrogens with zero attached hydrogens (tertiary/aromatic N) is 1. The van der Waals surface area contributed by atoms with Crippen LogP contribution in [0.4, 0.5) is 0 Å². The maximum absolute atomic E-state index is 4.01. The molecule has 0 aromatic heterocycles. The number of aliphatic imine (C=N–C) groups is 1. The van der Waals surface area contributed by atoms with E-state index in [1.54, 1.807) is 12.3 Å². The molecule has 1 heteroatoms. The van der Waals surface area contributed by atoms with E-state index in [2.05, 4.69) is 18.2 Å². The van der Waals surface area contributed by atoms with Gasteiger partial charge in [-0.3, -0.25) is 4.99 Å². The monoisotopic (exact) mass is 135 g/mol. The topological polar surface area (TPSA) is 12.4 Å². The summed E-state index contributed by atoms with van der Waals surface area (Å²) >= 11 is 0. The van der Waals surface area contributed by atoms with E-state index in [1.807, 2.05) is 19.9 Å². The van der Waals surface area contributed by atoms with Gasteiger partial charge in [0.2, 0.25) is 0 Å². The summed E-state index contributed by atoms with van der Waals surface area (Å²) in [7, 11) is 0. The molecule has 0 bridgehead atoms. The summed E-state index contributed by atoms with van der Waals surface area (Å²) in [6, 6.07) is 0. The van der Waals surface area contributed by atoms with Crippen molar-refractivity contribution in [2.75, 3.05) is 0 Å². The molecule has 0 spiro atoms. The first kappa shape index (κ1) is 8.89. The predicted molar refractivity (Wildman–Crippen MR) is 47.3 cm³/mol.